The first-order valence-electron chi connectivity index (χ1n) is 6.04. The third-order valence-corrected chi connectivity index (χ3v) is 3.47. The second-order valence-electron chi connectivity index (χ2n) is 4.51. The van der Waals surface area contributed by atoms with E-state index in [2.05, 4.69) is 11.8 Å². The van der Waals surface area contributed by atoms with Gasteiger partial charge < -0.3 is 15.4 Å². The molecular weight excluding hydrogens is 268 g/mol. The Bertz CT molecular complexity index is 453. The first-order chi connectivity index (χ1) is 8.58. The van der Waals surface area contributed by atoms with Crippen molar-refractivity contribution in [2.45, 2.75) is 19.4 Å². The van der Waals surface area contributed by atoms with Gasteiger partial charge in [0.15, 0.2) is 0 Å². The Kier molecular flexibility index (Phi) is 4.43. The Labute approximate surface area is 118 Å². The van der Waals surface area contributed by atoms with Gasteiger partial charge in [-0.15, -0.1) is 0 Å². The summed E-state index contributed by atoms with van der Waals surface area (Å²) in [6, 6.07) is 5.63. The summed E-state index contributed by atoms with van der Waals surface area (Å²) in [5.74, 6) is 0. The van der Waals surface area contributed by atoms with E-state index in [9.17, 15) is 0 Å². The second-order valence-corrected chi connectivity index (χ2v) is 5.38. The monoisotopic (exact) mass is 284 g/mol. The molecule has 1 saturated heterocycles. The molecule has 1 aliphatic heterocycles. The molecule has 18 heavy (non-hydrogen) atoms. The van der Waals surface area contributed by atoms with E-state index in [0.29, 0.717) is 10.0 Å². The Hall–Kier alpha value is -0.840. The number of hydrogen-bond acceptors (Lipinski definition) is 3. The molecule has 1 heterocycles. The van der Waals surface area contributed by atoms with Gasteiger partial charge in [0.25, 0.3) is 0 Å². The molecule has 0 spiro atoms. The topological polar surface area (TPSA) is 38.5 Å². The summed E-state index contributed by atoms with van der Waals surface area (Å²) in [5, 5.41) is 0.697. The molecule has 1 unspecified atom stereocenters. The van der Waals surface area contributed by atoms with Crippen molar-refractivity contribution in [3.8, 4) is 0 Å². The average molecular weight is 285 g/mol. The zero-order valence-corrected chi connectivity index (χ0v) is 11.9. The molecule has 98 valence electrons. The van der Waals surface area contributed by atoms with Gasteiger partial charge in [-0.2, -0.15) is 0 Å². The smallest absolute Gasteiger partial charge is 0.106 e. The number of nitrogens with two attached hydrogens (primary N) is 1. The Morgan fingerprint density at radius 3 is 3.06 bits per heavy atom. The van der Waals surface area contributed by atoms with E-state index in [-0.39, 0.29) is 6.10 Å². The van der Waals surface area contributed by atoms with Crippen molar-refractivity contribution in [2.75, 3.05) is 24.6 Å². The van der Waals surface area contributed by atoms with Gasteiger partial charge in [0.2, 0.25) is 0 Å². The molecule has 0 aromatic heterocycles. The molecule has 5 heteroatoms. The molecule has 0 bridgehead atoms. The number of rotatable bonds is 2. The van der Waals surface area contributed by atoms with Gasteiger partial charge in [0, 0.05) is 36.0 Å². The maximum absolute atomic E-state index is 6.08. The number of thiocarbonyl (C=S) groups is 1. The normalized spacial score (nSPS) is 20.6. The lowest BCUT2D eigenvalue weighted by atomic mass is 10.1. The van der Waals surface area contributed by atoms with Crippen LogP contribution in [0.3, 0.4) is 0 Å². The first kappa shape index (κ1) is 13.6. The van der Waals surface area contributed by atoms with Crippen LogP contribution in [-0.4, -0.2) is 30.8 Å². The molecule has 1 atom stereocenters. The van der Waals surface area contributed by atoms with E-state index in [1.807, 2.05) is 18.2 Å². The highest BCUT2D eigenvalue weighted by atomic mass is 35.5. The number of nitrogens with zero attached hydrogens (tertiary/aromatic N) is 1. The van der Waals surface area contributed by atoms with Crippen molar-refractivity contribution in [3.63, 3.8) is 0 Å². The lowest BCUT2D eigenvalue weighted by molar-refractivity contribution is 0.0821. The van der Waals surface area contributed by atoms with Crippen LogP contribution in [0.2, 0.25) is 5.02 Å². The van der Waals surface area contributed by atoms with Crippen molar-refractivity contribution in [1.29, 1.82) is 0 Å². The number of halogens is 1. The number of anilines is 1. The number of benzene rings is 1. The van der Waals surface area contributed by atoms with Gasteiger partial charge in [-0.1, -0.05) is 23.8 Å². The zero-order chi connectivity index (χ0) is 13.1. The Morgan fingerprint density at radius 2 is 2.33 bits per heavy atom. The highest BCUT2D eigenvalue weighted by Gasteiger charge is 2.19. The van der Waals surface area contributed by atoms with Crippen molar-refractivity contribution in [3.05, 3.63) is 28.8 Å². The van der Waals surface area contributed by atoms with Crippen molar-refractivity contribution in [2.24, 2.45) is 5.73 Å². The summed E-state index contributed by atoms with van der Waals surface area (Å²) in [7, 11) is 0. The minimum absolute atomic E-state index is 0.200. The van der Waals surface area contributed by atoms with E-state index in [4.69, 9.17) is 34.3 Å². The van der Waals surface area contributed by atoms with Crippen LogP contribution in [0.5, 0.6) is 0 Å². The lowest BCUT2D eigenvalue weighted by Gasteiger charge is -2.26. The SMILES string of the molecule is CC1CN(c2cc(Cl)ccc2C(N)=S)CCCO1. The molecule has 1 aromatic rings. The van der Waals surface area contributed by atoms with Crippen LogP contribution in [0, 0.1) is 0 Å². The van der Waals surface area contributed by atoms with Crippen molar-refractivity contribution in [1.82, 2.24) is 0 Å². The molecule has 2 N–H and O–H groups in total. The van der Waals surface area contributed by atoms with Gasteiger partial charge in [-0.25, -0.2) is 0 Å². The van der Waals surface area contributed by atoms with Crippen molar-refractivity contribution < 1.29 is 4.74 Å². The third kappa shape index (κ3) is 3.13. The van der Waals surface area contributed by atoms with E-state index in [1.165, 1.54) is 0 Å². The minimum atomic E-state index is 0.200. The fourth-order valence-corrected chi connectivity index (χ4v) is 2.53. The van der Waals surface area contributed by atoms with Crippen LogP contribution < -0.4 is 10.6 Å². The summed E-state index contributed by atoms with van der Waals surface area (Å²) < 4.78 is 5.65. The molecule has 0 radical (unpaired) electrons. The number of hydrogen-bond donors (Lipinski definition) is 1. The fraction of sp³-hybridized carbons (Fsp3) is 0.462. The molecule has 1 aromatic carbocycles. The highest BCUT2D eigenvalue weighted by molar-refractivity contribution is 7.80. The fourth-order valence-electron chi connectivity index (χ4n) is 2.19. The largest absolute Gasteiger partial charge is 0.389 e. The first-order valence-corrected chi connectivity index (χ1v) is 6.82. The molecule has 0 saturated carbocycles. The van der Waals surface area contributed by atoms with Gasteiger partial charge in [0.1, 0.15) is 4.99 Å². The third-order valence-electron chi connectivity index (χ3n) is 3.02. The molecule has 2 rings (SSSR count). The summed E-state index contributed by atoms with van der Waals surface area (Å²) in [4.78, 5) is 2.65. The average Bonchev–Trinajstić information content (AvgIpc) is 2.53. The number of ether oxygens (including phenoxy) is 1. The van der Waals surface area contributed by atoms with Crippen LogP contribution >= 0.6 is 23.8 Å². The molecule has 0 aliphatic carbocycles. The van der Waals surface area contributed by atoms with E-state index < -0.39 is 0 Å². The maximum Gasteiger partial charge on any atom is 0.106 e. The molecule has 1 fully saturated rings. The Morgan fingerprint density at radius 1 is 1.56 bits per heavy atom. The van der Waals surface area contributed by atoms with Crippen LogP contribution in [-0.2, 0) is 4.74 Å². The quantitative estimate of drug-likeness (QED) is 0.847. The van der Waals surface area contributed by atoms with E-state index >= 15 is 0 Å². The van der Waals surface area contributed by atoms with Crippen molar-refractivity contribution >= 4 is 34.5 Å². The summed E-state index contributed by atoms with van der Waals surface area (Å²) in [6.45, 7) is 4.63. The summed E-state index contributed by atoms with van der Waals surface area (Å²) in [5.41, 5.74) is 7.66. The lowest BCUT2D eigenvalue weighted by Crippen LogP contribution is -2.32. The second kappa shape index (κ2) is 5.87. The highest BCUT2D eigenvalue weighted by Crippen LogP contribution is 2.26. The molecule has 1 aliphatic rings. The van der Waals surface area contributed by atoms with Gasteiger partial charge >= 0.3 is 0 Å². The van der Waals surface area contributed by atoms with E-state index in [0.717, 1.165) is 37.4 Å². The minimum Gasteiger partial charge on any atom is -0.389 e. The van der Waals surface area contributed by atoms with Gasteiger partial charge in [-0.05, 0) is 31.5 Å². The van der Waals surface area contributed by atoms with Crippen LogP contribution in [0.15, 0.2) is 18.2 Å². The van der Waals surface area contributed by atoms with Crippen LogP contribution in [0.4, 0.5) is 5.69 Å². The van der Waals surface area contributed by atoms with Gasteiger partial charge in [-0.3, -0.25) is 0 Å². The molecule has 0 amide bonds. The van der Waals surface area contributed by atoms with Crippen LogP contribution in [0.25, 0.3) is 0 Å². The van der Waals surface area contributed by atoms with Crippen LogP contribution in [0.1, 0.15) is 18.9 Å². The summed E-state index contributed by atoms with van der Waals surface area (Å²) >= 11 is 11.2. The molecule has 3 nitrogen and oxygen atoms in total. The predicted octanol–water partition coefficient (Wildman–Crippen LogP) is 2.59. The summed E-state index contributed by atoms with van der Waals surface area (Å²) in [6.07, 6.45) is 1.19. The van der Waals surface area contributed by atoms with E-state index in [1.54, 1.807) is 0 Å². The van der Waals surface area contributed by atoms with Gasteiger partial charge in [0.05, 0.1) is 6.10 Å². The maximum atomic E-state index is 6.08. The molecular formula is C13H17ClN2OS. The Balaban J connectivity index is 2.35. The standard InChI is InChI=1S/C13H17ClN2OS/c1-9-8-16(5-2-6-17-9)12-7-10(14)3-4-11(12)13(15)18/h3-4,7,9H,2,5-6,8H2,1H3,(H2,15,18). The predicted molar refractivity (Wildman–Crippen MR) is 79.6 cm³/mol. The zero-order valence-electron chi connectivity index (χ0n) is 10.4.